The number of rotatable bonds is 3. The first-order chi connectivity index (χ1) is 9.78. The van der Waals surface area contributed by atoms with Crippen LogP contribution in [-0.2, 0) is 6.42 Å². The number of hydrogen-bond acceptors (Lipinski definition) is 4. The van der Waals surface area contributed by atoms with Crippen molar-refractivity contribution in [2.75, 3.05) is 19.6 Å². The Labute approximate surface area is 119 Å². The van der Waals surface area contributed by atoms with Gasteiger partial charge in [0.05, 0.1) is 0 Å². The number of aromatic amines is 1. The molecule has 0 bridgehead atoms. The van der Waals surface area contributed by atoms with Crippen LogP contribution in [0.15, 0.2) is 0 Å². The largest absolute Gasteiger partial charge is 0.336 e. The molecule has 2 aliphatic heterocycles. The van der Waals surface area contributed by atoms with Crippen molar-refractivity contribution in [3.8, 4) is 0 Å². The van der Waals surface area contributed by atoms with Gasteiger partial charge in [0.2, 0.25) is 5.82 Å². The summed E-state index contributed by atoms with van der Waals surface area (Å²) in [5.41, 5.74) is 0. The van der Waals surface area contributed by atoms with Crippen LogP contribution < -0.4 is 5.32 Å². The Kier molecular flexibility index (Phi) is 4.00. The molecular formula is C14H23N5O. The Morgan fingerprint density at radius 3 is 3.00 bits per heavy atom. The molecule has 110 valence electrons. The number of nitrogens with zero attached hydrogens (tertiary/aromatic N) is 3. The average molecular weight is 277 g/mol. The number of aromatic nitrogens is 3. The highest BCUT2D eigenvalue weighted by atomic mass is 16.2. The van der Waals surface area contributed by atoms with Gasteiger partial charge in [0, 0.05) is 25.6 Å². The summed E-state index contributed by atoms with van der Waals surface area (Å²) in [6.45, 7) is 4.79. The Morgan fingerprint density at radius 2 is 2.30 bits per heavy atom. The monoisotopic (exact) mass is 277 g/mol. The van der Waals surface area contributed by atoms with Gasteiger partial charge in [-0.3, -0.25) is 9.89 Å². The van der Waals surface area contributed by atoms with Crippen molar-refractivity contribution in [1.29, 1.82) is 0 Å². The maximum absolute atomic E-state index is 12.4. The van der Waals surface area contributed by atoms with E-state index in [0.717, 1.165) is 38.3 Å². The van der Waals surface area contributed by atoms with Crippen LogP contribution in [0.1, 0.15) is 49.1 Å². The van der Waals surface area contributed by atoms with Crippen molar-refractivity contribution in [2.24, 2.45) is 5.92 Å². The second kappa shape index (κ2) is 5.91. The zero-order valence-electron chi connectivity index (χ0n) is 12.1. The molecule has 2 saturated heterocycles. The number of carbonyl (C=O) groups excluding carboxylic acids is 1. The van der Waals surface area contributed by atoms with Crippen LogP contribution in [0.2, 0.25) is 0 Å². The third kappa shape index (κ3) is 2.70. The van der Waals surface area contributed by atoms with E-state index in [2.05, 4.69) is 20.5 Å². The fourth-order valence-electron chi connectivity index (χ4n) is 3.33. The molecule has 2 aliphatic rings. The van der Waals surface area contributed by atoms with E-state index in [1.165, 1.54) is 19.3 Å². The number of hydrogen-bond donors (Lipinski definition) is 2. The Hall–Kier alpha value is -1.43. The van der Waals surface area contributed by atoms with E-state index in [-0.39, 0.29) is 5.91 Å². The molecule has 1 aromatic heterocycles. The van der Waals surface area contributed by atoms with Crippen LogP contribution in [0.3, 0.4) is 0 Å². The van der Waals surface area contributed by atoms with Gasteiger partial charge in [0.25, 0.3) is 5.91 Å². The van der Waals surface area contributed by atoms with E-state index < -0.39 is 0 Å². The first-order valence-corrected chi connectivity index (χ1v) is 7.72. The number of carbonyl (C=O) groups is 1. The molecule has 2 unspecified atom stereocenters. The quantitative estimate of drug-likeness (QED) is 0.863. The van der Waals surface area contributed by atoms with E-state index in [1.807, 2.05) is 11.8 Å². The Bertz CT molecular complexity index is 466. The molecule has 20 heavy (non-hydrogen) atoms. The molecule has 0 spiro atoms. The smallest absolute Gasteiger partial charge is 0.293 e. The van der Waals surface area contributed by atoms with Crippen LogP contribution in [0.5, 0.6) is 0 Å². The lowest BCUT2D eigenvalue weighted by Gasteiger charge is -2.35. The minimum atomic E-state index is -0.0244. The van der Waals surface area contributed by atoms with Crippen molar-refractivity contribution >= 4 is 5.91 Å². The van der Waals surface area contributed by atoms with E-state index >= 15 is 0 Å². The standard InChI is InChI=1S/C14H23N5O/c1-2-12-16-13(18-17-12)14(20)19-8-4-5-10(9-19)11-6-3-7-15-11/h10-11,15H,2-9H2,1H3,(H,16,17,18). The molecule has 1 aromatic rings. The van der Waals surface area contributed by atoms with Gasteiger partial charge in [-0.2, -0.15) is 0 Å². The van der Waals surface area contributed by atoms with Crippen molar-refractivity contribution in [3.63, 3.8) is 0 Å². The van der Waals surface area contributed by atoms with Gasteiger partial charge in [0.15, 0.2) is 0 Å². The van der Waals surface area contributed by atoms with Crippen LogP contribution in [0, 0.1) is 5.92 Å². The van der Waals surface area contributed by atoms with Crippen LogP contribution in [0.25, 0.3) is 0 Å². The summed E-state index contributed by atoms with van der Waals surface area (Å²) < 4.78 is 0. The molecule has 1 amide bonds. The highest BCUT2D eigenvalue weighted by Gasteiger charge is 2.32. The predicted octanol–water partition coefficient (Wildman–Crippen LogP) is 0.971. The zero-order chi connectivity index (χ0) is 13.9. The summed E-state index contributed by atoms with van der Waals surface area (Å²) in [4.78, 5) is 18.6. The molecule has 0 aliphatic carbocycles. The maximum atomic E-state index is 12.4. The molecule has 0 saturated carbocycles. The van der Waals surface area contributed by atoms with E-state index in [9.17, 15) is 4.79 Å². The van der Waals surface area contributed by atoms with E-state index in [0.29, 0.717) is 17.8 Å². The first kappa shape index (κ1) is 13.5. The second-order valence-electron chi connectivity index (χ2n) is 5.82. The Balaban J connectivity index is 1.65. The molecule has 0 aromatic carbocycles. The summed E-state index contributed by atoms with van der Waals surface area (Å²) in [6, 6.07) is 0.587. The molecule has 3 heterocycles. The molecule has 2 fully saturated rings. The van der Waals surface area contributed by atoms with Gasteiger partial charge >= 0.3 is 0 Å². The number of H-pyrrole nitrogens is 1. The lowest BCUT2D eigenvalue weighted by molar-refractivity contribution is 0.0639. The number of likely N-dealkylation sites (tertiary alicyclic amines) is 1. The van der Waals surface area contributed by atoms with Crippen molar-refractivity contribution in [1.82, 2.24) is 25.4 Å². The third-order valence-electron chi connectivity index (χ3n) is 4.47. The van der Waals surface area contributed by atoms with Gasteiger partial charge in [0.1, 0.15) is 5.82 Å². The minimum absolute atomic E-state index is 0.0244. The van der Waals surface area contributed by atoms with Crippen molar-refractivity contribution in [3.05, 3.63) is 11.6 Å². The third-order valence-corrected chi connectivity index (χ3v) is 4.47. The molecule has 3 rings (SSSR count). The van der Waals surface area contributed by atoms with Crippen LogP contribution >= 0.6 is 0 Å². The summed E-state index contributed by atoms with van der Waals surface area (Å²) in [5, 5.41) is 10.4. The van der Waals surface area contributed by atoms with Crippen LogP contribution in [-0.4, -0.2) is 51.7 Å². The lowest BCUT2D eigenvalue weighted by Crippen LogP contribution is -2.46. The van der Waals surface area contributed by atoms with Gasteiger partial charge in [-0.05, 0) is 38.1 Å². The number of aryl methyl sites for hydroxylation is 1. The lowest BCUT2D eigenvalue weighted by atomic mass is 9.90. The minimum Gasteiger partial charge on any atom is -0.336 e. The summed E-state index contributed by atoms with van der Waals surface area (Å²) in [5.74, 6) is 1.66. The van der Waals surface area contributed by atoms with Gasteiger partial charge in [-0.1, -0.05) is 6.92 Å². The average Bonchev–Trinajstić information content (AvgIpc) is 3.17. The zero-order valence-corrected chi connectivity index (χ0v) is 12.1. The SMILES string of the molecule is CCc1nc(C(=O)N2CCCC(C3CCCN3)C2)n[nH]1. The predicted molar refractivity (Wildman–Crippen MR) is 75.4 cm³/mol. The van der Waals surface area contributed by atoms with E-state index in [4.69, 9.17) is 0 Å². The first-order valence-electron chi connectivity index (χ1n) is 7.72. The fraction of sp³-hybridized carbons (Fsp3) is 0.786. The highest BCUT2D eigenvalue weighted by Crippen LogP contribution is 2.25. The maximum Gasteiger partial charge on any atom is 0.293 e. The molecule has 2 N–H and O–H groups in total. The second-order valence-corrected chi connectivity index (χ2v) is 5.82. The molecule has 6 heteroatoms. The van der Waals surface area contributed by atoms with E-state index in [1.54, 1.807) is 0 Å². The molecule has 0 radical (unpaired) electrons. The number of amides is 1. The molecule has 6 nitrogen and oxygen atoms in total. The Morgan fingerprint density at radius 1 is 1.40 bits per heavy atom. The molecular weight excluding hydrogens is 254 g/mol. The summed E-state index contributed by atoms with van der Waals surface area (Å²) in [7, 11) is 0. The van der Waals surface area contributed by atoms with Crippen molar-refractivity contribution < 1.29 is 4.79 Å². The highest BCUT2D eigenvalue weighted by molar-refractivity contribution is 5.90. The fourth-order valence-corrected chi connectivity index (χ4v) is 3.33. The molecule has 2 atom stereocenters. The number of nitrogens with one attached hydrogen (secondary N) is 2. The number of piperidine rings is 1. The van der Waals surface area contributed by atoms with Gasteiger partial charge < -0.3 is 10.2 Å². The normalized spacial score (nSPS) is 26.9. The van der Waals surface area contributed by atoms with Crippen LogP contribution in [0.4, 0.5) is 0 Å². The van der Waals surface area contributed by atoms with Gasteiger partial charge in [-0.15, -0.1) is 5.10 Å². The topological polar surface area (TPSA) is 73.9 Å². The summed E-state index contributed by atoms with van der Waals surface area (Å²) in [6.07, 6.45) is 5.58. The van der Waals surface area contributed by atoms with Gasteiger partial charge in [-0.25, -0.2) is 4.98 Å². The van der Waals surface area contributed by atoms with Crippen molar-refractivity contribution in [2.45, 2.75) is 45.1 Å². The summed E-state index contributed by atoms with van der Waals surface area (Å²) >= 11 is 0.